The van der Waals surface area contributed by atoms with Gasteiger partial charge in [-0.05, 0) is 122 Å². The van der Waals surface area contributed by atoms with Gasteiger partial charge >= 0.3 is 0 Å². The van der Waals surface area contributed by atoms with Crippen LogP contribution in [0.2, 0.25) is 0 Å². The second kappa shape index (κ2) is 8.40. The number of aliphatic hydroxyl groups excluding tert-OH is 3. The molecule has 5 fully saturated rings. The first-order valence-corrected chi connectivity index (χ1v) is 14.9. The van der Waals surface area contributed by atoms with Crippen molar-refractivity contribution in [3.8, 4) is 0 Å². The van der Waals surface area contributed by atoms with Gasteiger partial charge in [-0.15, -0.1) is 0 Å². The van der Waals surface area contributed by atoms with Crippen molar-refractivity contribution >= 4 is 0 Å². The largest absolute Gasteiger partial charge is 0.393 e. The smallest absolute Gasteiger partial charge is 0.0852 e. The predicted octanol–water partition coefficient (Wildman–Crippen LogP) is 4.79. The van der Waals surface area contributed by atoms with Crippen LogP contribution in [0.15, 0.2) is 0 Å². The van der Waals surface area contributed by atoms with Gasteiger partial charge in [0.2, 0.25) is 0 Å². The predicted molar refractivity (Wildman–Crippen MR) is 141 cm³/mol. The number of hydrogen-bond donors (Lipinski definition) is 4. The van der Waals surface area contributed by atoms with Crippen molar-refractivity contribution in [2.24, 2.45) is 57.2 Å². The van der Waals surface area contributed by atoms with Gasteiger partial charge in [-0.3, -0.25) is 0 Å². The lowest BCUT2D eigenvalue weighted by molar-refractivity contribution is -0.143. The minimum atomic E-state index is -0.900. The van der Waals surface area contributed by atoms with E-state index in [2.05, 4.69) is 34.6 Å². The summed E-state index contributed by atoms with van der Waals surface area (Å²) in [6.45, 7) is 15.3. The van der Waals surface area contributed by atoms with Crippen molar-refractivity contribution in [3.05, 3.63) is 0 Å². The van der Waals surface area contributed by atoms with E-state index in [-0.39, 0.29) is 46.2 Å². The van der Waals surface area contributed by atoms with Crippen LogP contribution in [0.5, 0.6) is 0 Å². The van der Waals surface area contributed by atoms with E-state index in [9.17, 15) is 20.4 Å². The number of aliphatic hydroxyl groups is 4. The van der Waals surface area contributed by atoms with E-state index >= 15 is 0 Å². The molecule has 0 heterocycles. The van der Waals surface area contributed by atoms with Gasteiger partial charge in [0.25, 0.3) is 0 Å². The van der Waals surface area contributed by atoms with Gasteiger partial charge in [-0.1, -0.05) is 34.6 Å². The van der Waals surface area contributed by atoms with Crippen LogP contribution in [-0.4, -0.2) is 57.6 Å². The molecule has 5 aliphatic carbocycles. The highest BCUT2D eigenvalue weighted by atomic mass is 16.5. The van der Waals surface area contributed by atoms with Gasteiger partial charge in [0.05, 0.1) is 30.0 Å². The molecule has 4 N–H and O–H groups in total. The van der Waals surface area contributed by atoms with E-state index in [1.54, 1.807) is 21.0 Å². The molecular formula is C31H54O5. The van der Waals surface area contributed by atoms with E-state index in [0.717, 1.165) is 44.9 Å². The monoisotopic (exact) mass is 506 g/mol. The lowest BCUT2D eigenvalue weighted by Crippen LogP contribution is -2.55. The van der Waals surface area contributed by atoms with Crippen LogP contribution < -0.4 is 0 Å². The fourth-order valence-corrected chi connectivity index (χ4v) is 12.1. The van der Waals surface area contributed by atoms with E-state index < -0.39 is 17.8 Å². The molecule has 13 atom stereocenters. The molecular weight excluding hydrogens is 452 g/mol. The van der Waals surface area contributed by atoms with Gasteiger partial charge in [0.15, 0.2) is 0 Å². The Bertz CT molecular complexity index is 850. The van der Waals surface area contributed by atoms with Gasteiger partial charge in [-0.25, -0.2) is 0 Å². The van der Waals surface area contributed by atoms with E-state index in [0.29, 0.717) is 23.2 Å². The number of hydrogen-bond acceptors (Lipinski definition) is 5. The summed E-state index contributed by atoms with van der Waals surface area (Å²) in [6.07, 6.45) is 6.33. The summed E-state index contributed by atoms with van der Waals surface area (Å²) in [6, 6.07) is 0. The molecule has 36 heavy (non-hydrogen) atoms. The Balaban J connectivity index is 1.42. The van der Waals surface area contributed by atoms with Crippen molar-refractivity contribution in [2.45, 2.75) is 130 Å². The molecule has 0 amide bonds. The fraction of sp³-hybridized carbons (Fsp3) is 1.00. The van der Waals surface area contributed by atoms with Crippen molar-refractivity contribution in [2.75, 3.05) is 7.11 Å². The molecule has 0 aromatic carbocycles. The summed E-state index contributed by atoms with van der Waals surface area (Å²) in [7, 11) is 1.66. The topological polar surface area (TPSA) is 90.2 Å². The van der Waals surface area contributed by atoms with Gasteiger partial charge in [0, 0.05) is 7.11 Å². The first-order valence-electron chi connectivity index (χ1n) is 14.9. The average Bonchev–Trinajstić information content (AvgIpc) is 3.24. The Hall–Kier alpha value is -0.200. The molecule has 5 saturated carbocycles. The number of rotatable bonds is 6. The summed E-state index contributed by atoms with van der Waals surface area (Å²) < 4.78 is 5.60. The maximum atomic E-state index is 11.7. The highest BCUT2D eigenvalue weighted by Crippen LogP contribution is 2.89. The van der Waals surface area contributed by atoms with Crippen molar-refractivity contribution in [1.82, 2.24) is 0 Å². The Morgan fingerprint density at radius 2 is 1.58 bits per heavy atom. The summed E-state index contributed by atoms with van der Waals surface area (Å²) in [5, 5.41) is 44.6. The zero-order valence-corrected chi connectivity index (χ0v) is 24.1. The van der Waals surface area contributed by atoms with E-state index in [4.69, 9.17) is 4.74 Å². The number of fused-ring (bicyclic) bond motifs is 2. The molecule has 3 unspecified atom stereocenters. The molecule has 208 valence electrons. The quantitative estimate of drug-likeness (QED) is 0.416. The molecule has 0 radical (unpaired) electrons. The Morgan fingerprint density at radius 1 is 0.917 bits per heavy atom. The third-order valence-corrected chi connectivity index (χ3v) is 13.7. The van der Waals surface area contributed by atoms with Gasteiger partial charge in [0.1, 0.15) is 0 Å². The third kappa shape index (κ3) is 3.25. The third-order valence-electron chi connectivity index (χ3n) is 13.7. The first kappa shape index (κ1) is 27.4. The highest BCUT2D eigenvalue weighted by molar-refractivity contribution is 5.32. The van der Waals surface area contributed by atoms with Crippen LogP contribution in [-0.2, 0) is 4.74 Å². The molecule has 0 aromatic rings. The molecule has 2 spiro atoms. The molecule has 5 heteroatoms. The Labute approximate surface area is 219 Å². The lowest BCUT2D eigenvalue weighted by Gasteiger charge is -2.59. The molecule has 0 aliphatic heterocycles. The van der Waals surface area contributed by atoms with Crippen molar-refractivity contribution in [1.29, 1.82) is 0 Å². The minimum absolute atomic E-state index is 0.0506. The van der Waals surface area contributed by atoms with E-state index in [1.165, 1.54) is 6.42 Å². The van der Waals surface area contributed by atoms with Crippen molar-refractivity contribution in [3.63, 3.8) is 0 Å². The molecule has 0 saturated heterocycles. The SMILES string of the molecule is CO[C@@H](CC[C@@H](C)[C@H]1[C@H](O)[C@H](O)C2[C@@H]3CCC4C(C)(C)[C@@H](O)CC[C@@]45C(C)[C@@]35CC[C@@]21C)C(C)(C)O. The van der Waals surface area contributed by atoms with Gasteiger partial charge < -0.3 is 25.2 Å². The summed E-state index contributed by atoms with van der Waals surface area (Å²) >= 11 is 0. The fourth-order valence-electron chi connectivity index (χ4n) is 12.1. The Morgan fingerprint density at radius 3 is 2.19 bits per heavy atom. The van der Waals surface area contributed by atoms with E-state index in [1.807, 2.05) is 0 Å². The normalized spacial score (nSPS) is 53.0. The summed E-state index contributed by atoms with van der Waals surface area (Å²) in [4.78, 5) is 0. The second-order valence-corrected chi connectivity index (χ2v) is 15.4. The summed E-state index contributed by atoms with van der Waals surface area (Å²) in [5.74, 6) is 2.08. The lowest BCUT2D eigenvalue weighted by atomic mass is 9.46. The van der Waals surface area contributed by atoms with Crippen LogP contribution in [0.25, 0.3) is 0 Å². The maximum Gasteiger partial charge on any atom is 0.0852 e. The maximum absolute atomic E-state index is 11.7. The van der Waals surface area contributed by atoms with Crippen LogP contribution in [0.4, 0.5) is 0 Å². The highest BCUT2D eigenvalue weighted by Gasteiger charge is 2.85. The standard InChI is InChI=1S/C31H54O5/c1-17(9-12-22(36-8)28(5,6)35)23-25(33)26(34)24-19-10-11-20-27(3,4)21(32)13-14-31(20)18(2)30(19,31)16-15-29(23,24)7/h17-26,32-35H,9-16H2,1-8H3/t17-,18?,19+,20?,21+,22+,23+,24?,25+,26-,29-,30+,31-/m1/s1. The molecule has 5 rings (SSSR count). The number of methoxy groups -OCH3 is 1. The minimum Gasteiger partial charge on any atom is -0.393 e. The zero-order chi connectivity index (χ0) is 26.6. The van der Waals surface area contributed by atoms with Crippen LogP contribution >= 0.6 is 0 Å². The second-order valence-electron chi connectivity index (χ2n) is 15.4. The summed E-state index contributed by atoms with van der Waals surface area (Å²) in [5.41, 5.74) is -0.468. The number of ether oxygens (including phenoxy) is 1. The van der Waals surface area contributed by atoms with Crippen LogP contribution in [0, 0.1) is 57.2 Å². The average molecular weight is 507 g/mol. The van der Waals surface area contributed by atoms with Crippen molar-refractivity contribution < 1.29 is 25.2 Å². The first-order chi connectivity index (χ1) is 16.6. The van der Waals surface area contributed by atoms with Gasteiger partial charge in [-0.2, -0.15) is 0 Å². The Kier molecular flexibility index (Phi) is 6.39. The molecule has 5 aliphatic rings. The van der Waals surface area contributed by atoms with Crippen LogP contribution in [0.1, 0.15) is 99.8 Å². The molecule has 5 nitrogen and oxygen atoms in total. The van der Waals surface area contributed by atoms with Crippen LogP contribution in [0.3, 0.4) is 0 Å². The molecule has 0 aromatic heterocycles. The zero-order valence-electron chi connectivity index (χ0n) is 24.1. The molecule has 0 bridgehead atoms.